The number of hydrogen-bond donors (Lipinski definition) is 1. The van der Waals surface area contributed by atoms with E-state index in [1.54, 1.807) is 7.05 Å². The van der Waals surface area contributed by atoms with Crippen molar-refractivity contribution in [3.63, 3.8) is 0 Å². The maximum Gasteiger partial charge on any atom is 0.297 e. The predicted molar refractivity (Wildman–Crippen MR) is 108 cm³/mol. The SMILES string of the molecule is CC(=O)N[C@@H](C)COC1CCC(Oc2nc3ccc(OCC(F)F)c(F)c3n2C)CC1. The van der Waals surface area contributed by atoms with Crippen LogP contribution >= 0.6 is 0 Å². The molecule has 0 bridgehead atoms. The topological polar surface area (TPSA) is 74.6 Å². The molecule has 1 fully saturated rings. The summed E-state index contributed by atoms with van der Waals surface area (Å²) < 4.78 is 57.7. The zero-order valence-corrected chi connectivity index (χ0v) is 17.9. The third-order valence-corrected chi connectivity index (χ3v) is 5.19. The van der Waals surface area contributed by atoms with Crippen molar-refractivity contribution in [2.45, 2.75) is 64.2 Å². The molecule has 1 heterocycles. The van der Waals surface area contributed by atoms with Crippen LogP contribution in [0.2, 0.25) is 0 Å². The summed E-state index contributed by atoms with van der Waals surface area (Å²) in [7, 11) is 1.61. The highest BCUT2D eigenvalue weighted by Gasteiger charge is 2.26. The Morgan fingerprint density at radius 3 is 2.55 bits per heavy atom. The number of nitrogens with zero attached hydrogens (tertiary/aromatic N) is 2. The molecule has 7 nitrogen and oxygen atoms in total. The van der Waals surface area contributed by atoms with Crippen LogP contribution in [0.3, 0.4) is 0 Å². The first-order valence-corrected chi connectivity index (χ1v) is 10.4. The molecule has 1 aromatic carbocycles. The Labute approximate surface area is 178 Å². The average molecular weight is 443 g/mol. The second-order valence-corrected chi connectivity index (χ2v) is 7.85. The fourth-order valence-electron chi connectivity index (χ4n) is 3.72. The van der Waals surface area contributed by atoms with Gasteiger partial charge in [-0.25, -0.2) is 13.2 Å². The number of hydrogen-bond acceptors (Lipinski definition) is 5. The first-order valence-electron chi connectivity index (χ1n) is 10.4. The fourth-order valence-corrected chi connectivity index (χ4v) is 3.72. The Morgan fingerprint density at radius 2 is 1.90 bits per heavy atom. The minimum absolute atomic E-state index is 0.0454. The molecule has 10 heteroatoms. The molecule has 0 saturated heterocycles. The van der Waals surface area contributed by atoms with Gasteiger partial charge in [-0.2, -0.15) is 4.98 Å². The zero-order valence-electron chi connectivity index (χ0n) is 17.9. The number of carbonyl (C=O) groups is 1. The van der Waals surface area contributed by atoms with E-state index in [0.717, 1.165) is 25.7 Å². The molecule has 2 aromatic rings. The van der Waals surface area contributed by atoms with Gasteiger partial charge >= 0.3 is 0 Å². The van der Waals surface area contributed by atoms with Gasteiger partial charge in [0, 0.05) is 20.0 Å². The van der Waals surface area contributed by atoms with Crippen molar-refractivity contribution in [2.24, 2.45) is 7.05 Å². The van der Waals surface area contributed by atoms with Crippen molar-refractivity contribution in [1.82, 2.24) is 14.9 Å². The van der Waals surface area contributed by atoms with E-state index in [1.165, 1.54) is 23.6 Å². The lowest BCUT2D eigenvalue weighted by Crippen LogP contribution is -2.37. The number of nitrogens with one attached hydrogen (secondary N) is 1. The van der Waals surface area contributed by atoms with E-state index in [2.05, 4.69) is 10.3 Å². The van der Waals surface area contributed by atoms with Crippen molar-refractivity contribution >= 4 is 16.9 Å². The third-order valence-electron chi connectivity index (χ3n) is 5.19. The number of imidazole rings is 1. The summed E-state index contributed by atoms with van der Waals surface area (Å²) >= 11 is 0. The molecular weight excluding hydrogens is 415 g/mol. The van der Waals surface area contributed by atoms with Gasteiger partial charge in [-0.3, -0.25) is 9.36 Å². The van der Waals surface area contributed by atoms with E-state index < -0.39 is 18.8 Å². The Hall–Kier alpha value is -2.49. The Bertz CT molecular complexity index is 898. The summed E-state index contributed by atoms with van der Waals surface area (Å²) in [4.78, 5) is 15.4. The Kier molecular flexibility index (Phi) is 7.64. The minimum Gasteiger partial charge on any atom is -0.484 e. The molecule has 1 aliphatic carbocycles. The van der Waals surface area contributed by atoms with Crippen LogP contribution in [0.1, 0.15) is 39.5 Å². The first-order chi connectivity index (χ1) is 14.7. The number of benzene rings is 1. The lowest BCUT2D eigenvalue weighted by molar-refractivity contribution is -0.120. The van der Waals surface area contributed by atoms with Crippen LogP contribution in [0.5, 0.6) is 11.8 Å². The van der Waals surface area contributed by atoms with Gasteiger partial charge in [0.05, 0.1) is 18.2 Å². The number of ether oxygens (including phenoxy) is 3. The minimum atomic E-state index is -2.69. The van der Waals surface area contributed by atoms with Crippen LogP contribution in [0.15, 0.2) is 12.1 Å². The number of halogens is 3. The molecule has 1 atom stereocenters. The van der Waals surface area contributed by atoms with Gasteiger partial charge in [0.15, 0.2) is 11.6 Å². The first kappa shape index (κ1) is 23.2. The molecule has 0 spiro atoms. The van der Waals surface area contributed by atoms with E-state index in [4.69, 9.17) is 14.2 Å². The number of carbonyl (C=O) groups excluding carboxylic acids is 1. The molecule has 1 amide bonds. The van der Waals surface area contributed by atoms with Crippen LogP contribution in [0, 0.1) is 5.82 Å². The van der Waals surface area contributed by atoms with Gasteiger partial charge in [0.25, 0.3) is 12.4 Å². The van der Waals surface area contributed by atoms with Crippen molar-refractivity contribution in [2.75, 3.05) is 13.2 Å². The highest BCUT2D eigenvalue weighted by Crippen LogP contribution is 2.31. The van der Waals surface area contributed by atoms with Gasteiger partial charge < -0.3 is 19.5 Å². The van der Waals surface area contributed by atoms with E-state index >= 15 is 0 Å². The maximum atomic E-state index is 14.7. The number of aryl methyl sites for hydroxylation is 1. The molecule has 3 rings (SSSR count). The molecule has 172 valence electrons. The van der Waals surface area contributed by atoms with Gasteiger partial charge in [-0.15, -0.1) is 0 Å². The van der Waals surface area contributed by atoms with Gasteiger partial charge in [-0.1, -0.05) is 0 Å². The largest absolute Gasteiger partial charge is 0.484 e. The highest BCUT2D eigenvalue weighted by atomic mass is 19.3. The van der Waals surface area contributed by atoms with Crippen molar-refractivity contribution in [3.8, 4) is 11.8 Å². The number of alkyl halides is 2. The normalized spacial score (nSPS) is 20.1. The molecule has 1 N–H and O–H groups in total. The van der Waals surface area contributed by atoms with Crippen LogP contribution in [0.25, 0.3) is 11.0 Å². The van der Waals surface area contributed by atoms with E-state index in [0.29, 0.717) is 12.1 Å². The monoisotopic (exact) mass is 443 g/mol. The third kappa shape index (κ3) is 6.03. The van der Waals surface area contributed by atoms with E-state index in [1.807, 2.05) is 6.92 Å². The van der Waals surface area contributed by atoms with Gasteiger partial charge in [0.1, 0.15) is 18.2 Å². The lowest BCUT2D eigenvalue weighted by Gasteiger charge is -2.29. The summed E-state index contributed by atoms with van der Waals surface area (Å²) in [5.74, 6) is -1.07. The summed E-state index contributed by atoms with van der Waals surface area (Å²) in [5, 5.41) is 2.79. The van der Waals surface area contributed by atoms with Crippen LogP contribution in [-0.2, 0) is 16.6 Å². The second kappa shape index (κ2) is 10.2. The molecule has 31 heavy (non-hydrogen) atoms. The van der Waals surface area contributed by atoms with Gasteiger partial charge in [-0.05, 0) is 44.7 Å². The Morgan fingerprint density at radius 1 is 1.23 bits per heavy atom. The smallest absolute Gasteiger partial charge is 0.297 e. The van der Waals surface area contributed by atoms with Crippen molar-refractivity contribution in [1.29, 1.82) is 0 Å². The number of aromatic nitrogens is 2. The number of amides is 1. The fraction of sp³-hybridized carbons (Fsp3) is 0.619. The number of fused-ring (bicyclic) bond motifs is 1. The molecule has 1 aromatic heterocycles. The summed E-state index contributed by atoms with van der Waals surface area (Å²) in [5.41, 5.74) is 0.508. The standard InChI is InChI=1S/C21H28F3N3O4/c1-12(25-13(2)28)10-29-14-4-6-15(7-5-14)31-21-26-16-8-9-17(30-11-18(22)23)19(24)20(16)27(21)3/h8-9,12,14-15,18H,4-7,10-11H2,1-3H3,(H,25,28)/t12-,14?,15?/m0/s1. The molecule has 0 aliphatic heterocycles. The summed E-state index contributed by atoms with van der Waals surface area (Å²) in [6.07, 6.45) is 0.460. The average Bonchev–Trinajstić information content (AvgIpc) is 3.02. The van der Waals surface area contributed by atoms with Crippen LogP contribution < -0.4 is 14.8 Å². The second-order valence-electron chi connectivity index (χ2n) is 7.85. The molecule has 1 aliphatic rings. The molecule has 0 radical (unpaired) electrons. The van der Waals surface area contributed by atoms with E-state index in [-0.39, 0.29) is 41.4 Å². The van der Waals surface area contributed by atoms with Crippen molar-refractivity contribution in [3.05, 3.63) is 17.9 Å². The maximum absolute atomic E-state index is 14.7. The lowest BCUT2D eigenvalue weighted by atomic mass is 9.95. The van der Waals surface area contributed by atoms with Crippen LogP contribution in [0.4, 0.5) is 13.2 Å². The van der Waals surface area contributed by atoms with Crippen molar-refractivity contribution < 1.29 is 32.2 Å². The Balaban J connectivity index is 1.57. The highest BCUT2D eigenvalue weighted by molar-refractivity contribution is 5.79. The predicted octanol–water partition coefficient (Wildman–Crippen LogP) is 3.59. The zero-order chi connectivity index (χ0) is 22.5. The molecular formula is C21H28F3N3O4. The number of rotatable bonds is 9. The van der Waals surface area contributed by atoms with Gasteiger partial charge in [0.2, 0.25) is 5.91 Å². The molecule has 1 saturated carbocycles. The molecule has 0 unspecified atom stereocenters. The quantitative estimate of drug-likeness (QED) is 0.641. The van der Waals surface area contributed by atoms with Crippen LogP contribution in [-0.4, -0.2) is 53.3 Å². The summed E-state index contributed by atoms with van der Waals surface area (Å²) in [6, 6.07) is 3.04. The van der Waals surface area contributed by atoms with E-state index in [9.17, 15) is 18.0 Å². The summed E-state index contributed by atoms with van der Waals surface area (Å²) in [6.45, 7) is 2.95.